The third kappa shape index (κ3) is 6.12. The molecule has 0 saturated carbocycles. The van der Waals surface area contributed by atoms with Crippen molar-refractivity contribution in [1.29, 1.82) is 0 Å². The van der Waals surface area contributed by atoms with E-state index in [0.717, 1.165) is 56.2 Å². The minimum Gasteiger partial charge on any atom is -0.292 e. The smallest absolute Gasteiger partial charge is 0.145 e. The van der Waals surface area contributed by atoms with Gasteiger partial charge in [0.1, 0.15) is 11.6 Å². The molecule has 0 fully saturated rings. The second kappa shape index (κ2) is 14.8. The van der Waals surface area contributed by atoms with Gasteiger partial charge in [-0.2, -0.15) is 0 Å². The highest BCUT2D eigenvalue weighted by molar-refractivity contribution is 6.10. The molecule has 0 bridgehead atoms. The summed E-state index contributed by atoms with van der Waals surface area (Å²) in [5, 5.41) is 4.93. The van der Waals surface area contributed by atoms with Gasteiger partial charge in [-0.05, 0) is 104 Å². The van der Waals surface area contributed by atoms with E-state index < -0.39 is 0 Å². The minimum atomic E-state index is 0.934. The Kier molecular flexibility index (Phi) is 8.92. The molecule has 0 aliphatic carbocycles. The molecule has 0 saturated heterocycles. The van der Waals surface area contributed by atoms with Crippen molar-refractivity contribution in [2.24, 2.45) is 0 Å². The van der Waals surface area contributed by atoms with Crippen LogP contribution in [0.1, 0.15) is 13.8 Å². The first-order valence-corrected chi connectivity index (χ1v) is 20.0. The molecular weight excluding hydrogens is 705 g/mol. The van der Waals surface area contributed by atoms with Crippen LogP contribution in [0.25, 0.3) is 100 Å². The van der Waals surface area contributed by atoms with E-state index >= 15 is 0 Å². The summed E-state index contributed by atoms with van der Waals surface area (Å²) < 4.78 is 4.50. The van der Waals surface area contributed by atoms with Gasteiger partial charge in [0.05, 0.1) is 22.1 Å². The van der Waals surface area contributed by atoms with Crippen molar-refractivity contribution in [2.75, 3.05) is 0 Å². The summed E-state index contributed by atoms with van der Waals surface area (Å²) in [6, 6.07) is 73.3. The highest BCUT2D eigenvalue weighted by atomic mass is 15.1. The van der Waals surface area contributed by atoms with Crippen molar-refractivity contribution >= 4 is 43.6 Å². The van der Waals surface area contributed by atoms with Crippen molar-refractivity contribution in [2.45, 2.75) is 13.8 Å². The van der Waals surface area contributed by atoms with Crippen LogP contribution in [-0.4, -0.2) is 19.1 Å². The van der Waals surface area contributed by atoms with Crippen molar-refractivity contribution in [3.8, 4) is 56.4 Å². The number of benzene rings is 9. The van der Waals surface area contributed by atoms with Crippen molar-refractivity contribution in [3.63, 3.8) is 0 Å². The lowest BCUT2D eigenvalue weighted by atomic mass is 9.94. The van der Waals surface area contributed by atoms with Gasteiger partial charge in [0.15, 0.2) is 0 Å². The maximum absolute atomic E-state index is 5.07. The Bertz CT molecular complexity index is 2990. The number of hydrogen-bond donors (Lipinski definition) is 0. The highest BCUT2D eigenvalue weighted by Crippen LogP contribution is 2.36. The van der Waals surface area contributed by atoms with Gasteiger partial charge < -0.3 is 0 Å². The van der Waals surface area contributed by atoms with Crippen LogP contribution in [-0.2, 0) is 0 Å². The molecule has 4 nitrogen and oxygen atoms in total. The number of fused-ring (bicyclic) bond motifs is 5. The maximum Gasteiger partial charge on any atom is 0.145 e. The lowest BCUT2D eigenvalue weighted by Gasteiger charge is -2.12. The number of imidazole rings is 2. The summed E-state index contributed by atoms with van der Waals surface area (Å²) in [5.74, 6) is 1.87. The lowest BCUT2D eigenvalue weighted by molar-refractivity contribution is 1.10. The van der Waals surface area contributed by atoms with Gasteiger partial charge in [-0.3, -0.25) is 9.13 Å². The summed E-state index contributed by atoms with van der Waals surface area (Å²) in [6.45, 7) is 4.00. The zero-order chi connectivity index (χ0) is 39.0. The molecule has 11 rings (SSSR count). The molecule has 4 heteroatoms. The Morgan fingerprint density at radius 2 is 0.638 bits per heavy atom. The number of hydrogen-bond acceptors (Lipinski definition) is 2. The molecule has 0 amide bonds. The first-order chi connectivity index (χ1) is 28.7. The van der Waals surface area contributed by atoms with Gasteiger partial charge in [-0.15, -0.1) is 0 Å². The number of nitrogens with zero attached hydrogens (tertiary/aromatic N) is 4. The largest absolute Gasteiger partial charge is 0.292 e. The Labute approximate surface area is 338 Å². The highest BCUT2D eigenvalue weighted by Gasteiger charge is 2.16. The quantitative estimate of drug-likeness (QED) is 0.159. The molecule has 2 heterocycles. The SMILES string of the molecule is CC.c1ccc(-n2c(-c3ccc(-c4ccc5ccc6ccc(-c7ccc(-c8nc9ccccc9n8-c8ccccc8)cc7)cc6c5c4)cc3)nc3ccccc32)cc1. The molecular formula is C54H40N4. The van der Waals surface area contributed by atoms with Gasteiger partial charge in [-0.25, -0.2) is 9.97 Å². The molecule has 276 valence electrons. The zero-order valence-corrected chi connectivity index (χ0v) is 32.4. The summed E-state index contributed by atoms with van der Waals surface area (Å²) in [6.07, 6.45) is 0. The van der Waals surface area contributed by atoms with E-state index in [1.54, 1.807) is 0 Å². The van der Waals surface area contributed by atoms with Gasteiger partial charge in [0.2, 0.25) is 0 Å². The molecule has 0 aliphatic rings. The van der Waals surface area contributed by atoms with Crippen LogP contribution in [0.15, 0.2) is 206 Å². The Morgan fingerprint density at radius 1 is 0.310 bits per heavy atom. The summed E-state index contributed by atoms with van der Waals surface area (Å²) in [5.41, 5.74) is 13.2. The molecule has 0 aliphatic heterocycles. The molecule has 9 aromatic carbocycles. The van der Waals surface area contributed by atoms with Crippen LogP contribution in [0.4, 0.5) is 0 Å². The van der Waals surface area contributed by atoms with E-state index in [-0.39, 0.29) is 0 Å². The average molecular weight is 745 g/mol. The van der Waals surface area contributed by atoms with Gasteiger partial charge in [0, 0.05) is 22.5 Å². The predicted octanol–water partition coefficient (Wildman–Crippen LogP) is 14.4. The Morgan fingerprint density at radius 3 is 1.05 bits per heavy atom. The monoisotopic (exact) mass is 744 g/mol. The number of para-hydroxylation sites is 6. The molecule has 0 unspecified atom stereocenters. The van der Waals surface area contributed by atoms with Crippen LogP contribution >= 0.6 is 0 Å². The van der Waals surface area contributed by atoms with Crippen LogP contribution in [0.3, 0.4) is 0 Å². The second-order valence-electron chi connectivity index (χ2n) is 14.3. The summed E-state index contributed by atoms with van der Waals surface area (Å²) in [4.78, 5) is 10.1. The molecule has 2 aromatic heterocycles. The Balaban J connectivity index is 0.00000201. The van der Waals surface area contributed by atoms with Gasteiger partial charge >= 0.3 is 0 Å². The summed E-state index contributed by atoms with van der Waals surface area (Å²) >= 11 is 0. The Hall–Kier alpha value is -7.56. The van der Waals surface area contributed by atoms with E-state index in [1.807, 2.05) is 38.1 Å². The molecule has 58 heavy (non-hydrogen) atoms. The van der Waals surface area contributed by atoms with E-state index in [4.69, 9.17) is 9.97 Å². The number of rotatable bonds is 6. The maximum atomic E-state index is 5.07. The van der Waals surface area contributed by atoms with E-state index in [1.165, 1.54) is 43.8 Å². The fraction of sp³-hybridized carbons (Fsp3) is 0.0370. The normalized spacial score (nSPS) is 11.3. The topological polar surface area (TPSA) is 35.6 Å². The van der Waals surface area contributed by atoms with Crippen LogP contribution in [0.2, 0.25) is 0 Å². The van der Waals surface area contributed by atoms with Crippen LogP contribution in [0.5, 0.6) is 0 Å². The van der Waals surface area contributed by atoms with Crippen LogP contribution < -0.4 is 0 Å². The van der Waals surface area contributed by atoms with E-state index in [0.29, 0.717) is 0 Å². The fourth-order valence-electron chi connectivity index (χ4n) is 8.15. The molecule has 11 aromatic rings. The van der Waals surface area contributed by atoms with Crippen molar-refractivity contribution in [1.82, 2.24) is 19.1 Å². The lowest BCUT2D eigenvalue weighted by Crippen LogP contribution is -1.97. The van der Waals surface area contributed by atoms with E-state index in [9.17, 15) is 0 Å². The molecule has 0 atom stereocenters. The predicted molar refractivity (Wildman–Crippen MR) is 244 cm³/mol. The fourth-order valence-corrected chi connectivity index (χ4v) is 8.15. The van der Waals surface area contributed by atoms with Gasteiger partial charge in [0.25, 0.3) is 0 Å². The third-order valence-corrected chi connectivity index (χ3v) is 10.9. The third-order valence-electron chi connectivity index (χ3n) is 10.9. The zero-order valence-electron chi connectivity index (χ0n) is 32.4. The van der Waals surface area contributed by atoms with Crippen molar-refractivity contribution < 1.29 is 0 Å². The number of aromatic nitrogens is 4. The van der Waals surface area contributed by atoms with Gasteiger partial charge in [-0.1, -0.05) is 159 Å². The first-order valence-electron chi connectivity index (χ1n) is 20.0. The standard InChI is InChI=1S/C52H34N4.C2H6/c1-3-11-43(12-4-1)55-49-17-9-7-15-47(49)53-51(55)39-27-19-35(20-28-39)41-31-25-37-23-24-38-26-32-42(34-46(38)45(37)33-41)36-21-29-40(30-22-36)52-54-48-16-8-10-18-50(48)56(52)44-13-5-2-6-14-44;1-2/h1-34H;1-2H3. The molecule has 0 N–H and O–H groups in total. The first kappa shape index (κ1) is 34.9. The summed E-state index contributed by atoms with van der Waals surface area (Å²) in [7, 11) is 0. The average Bonchev–Trinajstić information content (AvgIpc) is 3.90. The molecule has 0 radical (unpaired) electrons. The second-order valence-corrected chi connectivity index (χ2v) is 14.3. The van der Waals surface area contributed by atoms with Crippen LogP contribution in [0, 0.1) is 0 Å². The van der Waals surface area contributed by atoms with Crippen molar-refractivity contribution in [3.05, 3.63) is 206 Å². The van der Waals surface area contributed by atoms with E-state index in [2.05, 4.69) is 191 Å². The minimum absolute atomic E-state index is 0.934. The molecule has 0 spiro atoms.